The molecule has 0 aliphatic carbocycles. The van der Waals surface area contributed by atoms with Crippen molar-refractivity contribution in [3.05, 3.63) is 22.4 Å². The molecule has 0 radical (unpaired) electrons. The third-order valence-electron chi connectivity index (χ3n) is 1.40. The number of carbonyl (C=O) groups excluding carboxylic acids is 1. The Morgan fingerprint density at radius 1 is 1.67 bits per heavy atom. The number of esters is 1. The van der Waals surface area contributed by atoms with Gasteiger partial charge in [-0.25, -0.2) is 0 Å². The molecule has 0 aromatic carbocycles. The minimum Gasteiger partial charge on any atom is -0.464 e. The number of thiophene rings is 1. The SMILES string of the molecule is NCC(=O)OCCc1ccsc1. The molecule has 0 fully saturated rings. The van der Waals surface area contributed by atoms with Crippen LogP contribution in [0.1, 0.15) is 5.56 Å². The second-order valence-electron chi connectivity index (χ2n) is 2.31. The monoisotopic (exact) mass is 185 g/mol. The summed E-state index contributed by atoms with van der Waals surface area (Å²) in [7, 11) is 0. The van der Waals surface area contributed by atoms with Crippen LogP contribution in [-0.4, -0.2) is 19.1 Å². The molecule has 1 heterocycles. The topological polar surface area (TPSA) is 52.3 Å². The zero-order valence-corrected chi connectivity index (χ0v) is 7.47. The second-order valence-corrected chi connectivity index (χ2v) is 3.09. The van der Waals surface area contributed by atoms with E-state index in [2.05, 4.69) is 0 Å². The lowest BCUT2D eigenvalue weighted by molar-refractivity contribution is -0.141. The second kappa shape index (κ2) is 4.90. The Kier molecular flexibility index (Phi) is 3.76. The van der Waals surface area contributed by atoms with E-state index in [1.807, 2.05) is 16.8 Å². The lowest BCUT2D eigenvalue weighted by Gasteiger charge is -2.00. The van der Waals surface area contributed by atoms with Crippen LogP contribution >= 0.6 is 11.3 Å². The van der Waals surface area contributed by atoms with Gasteiger partial charge >= 0.3 is 5.97 Å². The number of nitrogens with two attached hydrogens (primary N) is 1. The van der Waals surface area contributed by atoms with Crippen molar-refractivity contribution < 1.29 is 9.53 Å². The van der Waals surface area contributed by atoms with Crippen molar-refractivity contribution in [2.75, 3.05) is 13.2 Å². The number of rotatable bonds is 4. The van der Waals surface area contributed by atoms with Gasteiger partial charge in [0.15, 0.2) is 0 Å². The fourth-order valence-corrected chi connectivity index (χ4v) is 1.48. The molecule has 66 valence electrons. The van der Waals surface area contributed by atoms with Crippen molar-refractivity contribution in [2.45, 2.75) is 6.42 Å². The number of hydrogen-bond donors (Lipinski definition) is 1. The van der Waals surface area contributed by atoms with Gasteiger partial charge in [0, 0.05) is 6.42 Å². The van der Waals surface area contributed by atoms with Crippen molar-refractivity contribution in [1.29, 1.82) is 0 Å². The Hall–Kier alpha value is -0.870. The van der Waals surface area contributed by atoms with E-state index in [4.69, 9.17) is 10.5 Å². The highest BCUT2D eigenvalue weighted by molar-refractivity contribution is 7.07. The normalized spacial score (nSPS) is 9.75. The number of carbonyl (C=O) groups is 1. The summed E-state index contributed by atoms with van der Waals surface area (Å²) in [5, 5.41) is 4.04. The Labute approximate surface area is 75.1 Å². The van der Waals surface area contributed by atoms with E-state index in [0.29, 0.717) is 6.61 Å². The minimum atomic E-state index is -0.342. The average Bonchev–Trinajstić information content (AvgIpc) is 2.57. The van der Waals surface area contributed by atoms with Gasteiger partial charge in [0.05, 0.1) is 13.2 Å². The molecule has 0 unspecified atom stereocenters. The summed E-state index contributed by atoms with van der Waals surface area (Å²) >= 11 is 1.64. The molecule has 1 rings (SSSR count). The van der Waals surface area contributed by atoms with E-state index < -0.39 is 0 Å². The molecule has 3 nitrogen and oxygen atoms in total. The van der Waals surface area contributed by atoms with Gasteiger partial charge in [-0.3, -0.25) is 4.79 Å². The molecule has 0 bridgehead atoms. The van der Waals surface area contributed by atoms with Gasteiger partial charge < -0.3 is 10.5 Å². The first-order valence-corrected chi connectivity index (χ1v) is 4.64. The minimum absolute atomic E-state index is 0.0381. The van der Waals surface area contributed by atoms with Gasteiger partial charge in [-0.15, -0.1) is 0 Å². The van der Waals surface area contributed by atoms with Crippen molar-refractivity contribution in [1.82, 2.24) is 0 Å². The summed E-state index contributed by atoms with van der Waals surface area (Å²) < 4.78 is 4.81. The summed E-state index contributed by atoms with van der Waals surface area (Å²) in [4.78, 5) is 10.6. The van der Waals surface area contributed by atoms with Gasteiger partial charge in [0.2, 0.25) is 0 Å². The lowest BCUT2D eigenvalue weighted by Crippen LogP contribution is -2.17. The molecule has 1 aromatic rings. The third kappa shape index (κ3) is 3.02. The summed E-state index contributed by atoms with van der Waals surface area (Å²) in [6.07, 6.45) is 0.773. The van der Waals surface area contributed by atoms with Crippen molar-refractivity contribution in [2.24, 2.45) is 5.73 Å². The molecule has 2 N–H and O–H groups in total. The maximum Gasteiger partial charge on any atom is 0.319 e. The summed E-state index contributed by atoms with van der Waals surface area (Å²) in [5.41, 5.74) is 6.26. The molecular formula is C8H11NO2S. The van der Waals surface area contributed by atoms with Crippen LogP contribution in [0.4, 0.5) is 0 Å². The van der Waals surface area contributed by atoms with Crippen LogP contribution in [0.15, 0.2) is 16.8 Å². The molecule has 0 saturated heterocycles. The van der Waals surface area contributed by atoms with E-state index >= 15 is 0 Å². The van der Waals surface area contributed by atoms with Crippen LogP contribution < -0.4 is 5.73 Å². The molecule has 0 spiro atoms. The van der Waals surface area contributed by atoms with Gasteiger partial charge in [-0.1, -0.05) is 0 Å². The fraction of sp³-hybridized carbons (Fsp3) is 0.375. The van der Waals surface area contributed by atoms with Crippen LogP contribution in [0, 0.1) is 0 Å². The third-order valence-corrected chi connectivity index (χ3v) is 2.13. The maximum atomic E-state index is 10.6. The summed E-state index contributed by atoms with van der Waals surface area (Å²) in [5.74, 6) is -0.342. The van der Waals surface area contributed by atoms with Gasteiger partial charge in [0.25, 0.3) is 0 Å². The first-order valence-electron chi connectivity index (χ1n) is 3.69. The molecule has 4 heteroatoms. The molecule has 0 saturated carbocycles. The highest BCUT2D eigenvalue weighted by Gasteiger charge is 1.98. The largest absolute Gasteiger partial charge is 0.464 e. The van der Waals surface area contributed by atoms with E-state index in [1.165, 1.54) is 5.56 Å². The summed E-state index contributed by atoms with van der Waals surface area (Å²) in [6, 6.07) is 2.01. The Morgan fingerprint density at radius 3 is 3.08 bits per heavy atom. The average molecular weight is 185 g/mol. The van der Waals surface area contributed by atoms with E-state index in [1.54, 1.807) is 11.3 Å². The first kappa shape index (κ1) is 9.22. The van der Waals surface area contributed by atoms with E-state index in [0.717, 1.165) is 6.42 Å². The van der Waals surface area contributed by atoms with Crippen molar-refractivity contribution >= 4 is 17.3 Å². The molecule has 0 aliphatic heterocycles. The first-order chi connectivity index (χ1) is 5.83. The van der Waals surface area contributed by atoms with Gasteiger partial charge in [0.1, 0.15) is 0 Å². The van der Waals surface area contributed by atoms with Crippen LogP contribution in [0.25, 0.3) is 0 Å². The molecule has 0 aliphatic rings. The smallest absolute Gasteiger partial charge is 0.319 e. The van der Waals surface area contributed by atoms with E-state index in [9.17, 15) is 4.79 Å². The highest BCUT2D eigenvalue weighted by Crippen LogP contribution is 2.06. The Balaban J connectivity index is 2.15. The molecule has 1 aromatic heterocycles. The van der Waals surface area contributed by atoms with Crippen molar-refractivity contribution in [3.63, 3.8) is 0 Å². The predicted octanol–water partition coefficient (Wildman–Crippen LogP) is 0.792. The zero-order chi connectivity index (χ0) is 8.81. The quantitative estimate of drug-likeness (QED) is 0.706. The molecule has 12 heavy (non-hydrogen) atoms. The number of hydrogen-bond acceptors (Lipinski definition) is 4. The zero-order valence-electron chi connectivity index (χ0n) is 6.66. The van der Waals surface area contributed by atoms with Crippen LogP contribution in [0.3, 0.4) is 0 Å². The van der Waals surface area contributed by atoms with Gasteiger partial charge in [-0.05, 0) is 22.4 Å². The Bertz CT molecular complexity index is 233. The highest BCUT2D eigenvalue weighted by atomic mass is 32.1. The molecule has 0 amide bonds. The molecule has 0 atom stereocenters. The number of ether oxygens (including phenoxy) is 1. The molecular weight excluding hydrogens is 174 g/mol. The van der Waals surface area contributed by atoms with Crippen LogP contribution in [-0.2, 0) is 16.0 Å². The van der Waals surface area contributed by atoms with Crippen LogP contribution in [0.5, 0.6) is 0 Å². The Morgan fingerprint density at radius 2 is 2.50 bits per heavy atom. The van der Waals surface area contributed by atoms with Crippen molar-refractivity contribution in [3.8, 4) is 0 Å². The standard InChI is InChI=1S/C8H11NO2S/c9-5-8(10)11-3-1-7-2-4-12-6-7/h2,4,6H,1,3,5,9H2. The van der Waals surface area contributed by atoms with Gasteiger partial charge in [-0.2, -0.15) is 11.3 Å². The summed E-state index contributed by atoms with van der Waals surface area (Å²) in [6.45, 7) is 0.385. The van der Waals surface area contributed by atoms with E-state index in [-0.39, 0.29) is 12.5 Å². The fourth-order valence-electron chi connectivity index (χ4n) is 0.777. The maximum absolute atomic E-state index is 10.6. The predicted molar refractivity (Wildman–Crippen MR) is 48.0 cm³/mol. The van der Waals surface area contributed by atoms with Crippen LogP contribution in [0.2, 0.25) is 0 Å². The lowest BCUT2D eigenvalue weighted by atomic mass is 10.3.